The van der Waals surface area contributed by atoms with Crippen LogP contribution in [-0.2, 0) is 4.74 Å². The van der Waals surface area contributed by atoms with Crippen LogP contribution in [0.5, 0.6) is 0 Å². The third-order valence-corrected chi connectivity index (χ3v) is 4.13. The van der Waals surface area contributed by atoms with Gasteiger partial charge in [-0.25, -0.2) is 0 Å². The SMILES string of the molecule is CCNC1CCC(N2CCC(COC)C2)C1. The number of methoxy groups -OCH3 is 1. The lowest BCUT2D eigenvalue weighted by Crippen LogP contribution is -2.34. The number of hydrogen-bond donors (Lipinski definition) is 1. The highest BCUT2D eigenvalue weighted by atomic mass is 16.5. The van der Waals surface area contributed by atoms with E-state index >= 15 is 0 Å². The maximum absolute atomic E-state index is 5.26. The van der Waals surface area contributed by atoms with Gasteiger partial charge in [-0.15, -0.1) is 0 Å². The molecular weight excluding hydrogens is 200 g/mol. The van der Waals surface area contributed by atoms with Crippen LogP contribution in [0.3, 0.4) is 0 Å². The van der Waals surface area contributed by atoms with Gasteiger partial charge in [-0.1, -0.05) is 6.92 Å². The number of hydrogen-bond acceptors (Lipinski definition) is 3. The molecule has 16 heavy (non-hydrogen) atoms. The van der Waals surface area contributed by atoms with Crippen LogP contribution >= 0.6 is 0 Å². The first-order valence-electron chi connectivity index (χ1n) is 6.79. The monoisotopic (exact) mass is 226 g/mol. The number of nitrogens with one attached hydrogen (secondary N) is 1. The predicted molar refractivity (Wildman–Crippen MR) is 66.7 cm³/mol. The molecule has 0 bridgehead atoms. The summed E-state index contributed by atoms with van der Waals surface area (Å²) in [4.78, 5) is 2.70. The summed E-state index contributed by atoms with van der Waals surface area (Å²) < 4.78 is 5.26. The van der Waals surface area contributed by atoms with E-state index in [1.165, 1.54) is 38.8 Å². The maximum atomic E-state index is 5.26. The number of likely N-dealkylation sites (tertiary alicyclic amines) is 1. The second-order valence-corrected chi connectivity index (χ2v) is 5.33. The zero-order chi connectivity index (χ0) is 11.4. The highest BCUT2D eigenvalue weighted by molar-refractivity contribution is 4.89. The Hall–Kier alpha value is -0.120. The van der Waals surface area contributed by atoms with Crippen molar-refractivity contribution in [2.24, 2.45) is 5.92 Å². The van der Waals surface area contributed by atoms with Crippen LogP contribution in [0.25, 0.3) is 0 Å². The summed E-state index contributed by atoms with van der Waals surface area (Å²) >= 11 is 0. The average molecular weight is 226 g/mol. The molecule has 2 rings (SSSR count). The van der Waals surface area contributed by atoms with Crippen LogP contribution in [0, 0.1) is 5.92 Å². The summed E-state index contributed by atoms with van der Waals surface area (Å²) in [5.74, 6) is 0.781. The van der Waals surface area contributed by atoms with Crippen molar-refractivity contribution >= 4 is 0 Å². The van der Waals surface area contributed by atoms with Crippen molar-refractivity contribution < 1.29 is 4.74 Å². The summed E-state index contributed by atoms with van der Waals surface area (Å²) in [7, 11) is 1.82. The first-order valence-corrected chi connectivity index (χ1v) is 6.79. The molecule has 3 unspecified atom stereocenters. The molecule has 0 spiro atoms. The molecule has 0 amide bonds. The average Bonchev–Trinajstić information content (AvgIpc) is 2.87. The van der Waals surface area contributed by atoms with Crippen molar-refractivity contribution in [3.63, 3.8) is 0 Å². The molecule has 2 fully saturated rings. The Morgan fingerprint density at radius 1 is 1.31 bits per heavy atom. The molecular formula is C13H26N2O. The Kier molecular flexibility index (Phi) is 4.62. The standard InChI is InChI=1S/C13H26N2O/c1-3-14-12-4-5-13(8-12)15-7-6-11(9-15)10-16-2/h11-14H,3-10H2,1-2H3. The summed E-state index contributed by atoms with van der Waals surface area (Å²) in [5, 5.41) is 3.58. The van der Waals surface area contributed by atoms with Gasteiger partial charge in [0.2, 0.25) is 0 Å². The van der Waals surface area contributed by atoms with Crippen molar-refractivity contribution in [1.82, 2.24) is 10.2 Å². The van der Waals surface area contributed by atoms with Crippen molar-refractivity contribution in [2.45, 2.75) is 44.7 Å². The van der Waals surface area contributed by atoms with Gasteiger partial charge in [-0.2, -0.15) is 0 Å². The highest BCUT2D eigenvalue weighted by Crippen LogP contribution is 2.28. The van der Waals surface area contributed by atoms with Gasteiger partial charge in [0.15, 0.2) is 0 Å². The van der Waals surface area contributed by atoms with E-state index in [0.717, 1.165) is 31.2 Å². The van der Waals surface area contributed by atoms with E-state index < -0.39 is 0 Å². The van der Waals surface area contributed by atoms with E-state index in [-0.39, 0.29) is 0 Å². The van der Waals surface area contributed by atoms with Crippen molar-refractivity contribution in [2.75, 3.05) is 33.4 Å². The molecule has 2 aliphatic rings. The van der Waals surface area contributed by atoms with Gasteiger partial charge in [0.25, 0.3) is 0 Å². The number of rotatable bonds is 5. The summed E-state index contributed by atoms with van der Waals surface area (Å²) in [6, 6.07) is 1.61. The Morgan fingerprint density at radius 2 is 2.19 bits per heavy atom. The fourth-order valence-corrected chi connectivity index (χ4v) is 3.33. The molecule has 1 saturated heterocycles. The number of ether oxygens (including phenoxy) is 1. The summed E-state index contributed by atoms with van der Waals surface area (Å²) in [5.41, 5.74) is 0. The molecule has 3 atom stereocenters. The first kappa shape index (κ1) is 12.3. The van der Waals surface area contributed by atoms with Gasteiger partial charge in [-0.3, -0.25) is 4.90 Å². The van der Waals surface area contributed by atoms with E-state index in [4.69, 9.17) is 4.74 Å². The minimum Gasteiger partial charge on any atom is -0.384 e. The van der Waals surface area contributed by atoms with E-state index in [1.807, 2.05) is 7.11 Å². The lowest BCUT2D eigenvalue weighted by atomic mass is 10.1. The van der Waals surface area contributed by atoms with Gasteiger partial charge in [-0.05, 0) is 44.7 Å². The van der Waals surface area contributed by atoms with Crippen LogP contribution in [0.4, 0.5) is 0 Å². The fourth-order valence-electron chi connectivity index (χ4n) is 3.33. The smallest absolute Gasteiger partial charge is 0.0503 e. The lowest BCUT2D eigenvalue weighted by molar-refractivity contribution is 0.147. The largest absolute Gasteiger partial charge is 0.384 e. The highest BCUT2D eigenvalue weighted by Gasteiger charge is 2.33. The van der Waals surface area contributed by atoms with Gasteiger partial charge in [0.05, 0.1) is 6.61 Å². The third kappa shape index (κ3) is 2.96. The molecule has 0 radical (unpaired) electrons. The maximum Gasteiger partial charge on any atom is 0.0503 e. The van der Waals surface area contributed by atoms with Crippen LogP contribution in [-0.4, -0.2) is 50.3 Å². The van der Waals surface area contributed by atoms with Crippen molar-refractivity contribution in [3.8, 4) is 0 Å². The van der Waals surface area contributed by atoms with E-state index in [2.05, 4.69) is 17.1 Å². The van der Waals surface area contributed by atoms with Gasteiger partial charge in [0.1, 0.15) is 0 Å². The van der Waals surface area contributed by atoms with Gasteiger partial charge >= 0.3 is 0 Å². The minimum absolute atomic E-state index is 0.775. The summed E-state index contributed by atoms with van der Waals surface area (Å²) in [6.07, 6.45) is 5.44. The van der Waals surface area contributed by atoms with Crippen LogP contribution in [0.1, 0.15) is 32.6 Å². The fraction of sp³-hybridized carbons (Fsp3) is 1.00. The van der Waals surface area contributed by atoms with Crippen LogP contribution < -0.4 is 5.32 Å². The Morgan fingerprint density at radius 3 is 2.94 bits per heavy atom. The normalized spacial score (nSPS) is 36.0. The molecule has 0 aromatic carbocycles. The topological polar surface area (TPSA) is 24.5 Å². The number of nitrogens with zero attached hydrogens (tertiary/aromatic N) is 1. The zero-order valence-corrected chi connectivity index (χ0v) is 10.7. The molecule has 0 aromatic rings. The first-order chi connectivity index (χ1) is 7.83. The molecule has 3 nitrogen and oxygen atoms in total. The van der Waals surface area contributed by atoms with Crippen molar-refractivity contribution in [1.29, 1.82) is 0 Å². The molecule has 1 N–H and O–H groups in total. The Bertz CT molecular complexity index is 188. The molecule has 1 aliphatic heterocycles. The van der Waals surface area contributed by atoms with Crippen molar-refractivity contribution in [3.05, 3.63) is 0 Å². The second-order valence-electron chi connectivity index (χ2n) is 5.33. The van der Waals surface area contributed by atoms with Gasteiger partial charge < -0.3 is 10.1 Å². The molecule has 1 aliphatic carbocycles. The molecule has 1 heterocycles. The van der Waals surface area contributed by atoms with Gasteiger partial charge in [0, 0.05) is 25.7 Å². The van der Waals surface area contributed by atoms with E-state index in [0.29, 0.717) is 0 Å². The molecule has 94 valence electrons. The van der Waals surface area contributed by atoms with Crippen LogP contribution in [0.2, 0.25) is 0 Å². The predicted octanol–water partition coefficient (Wildman–Crippen LogP) is 1.49. The Balaban J connectivity index is 1.73. The molecule has 1 saturated carbocycles. The third-order valence-electron chi connectivity index (χ3n) is 4.13. The quantitative estimate of drug-likeness (QED) is 0.768. The minimum atomic E-state index is 0.775. The van der Waals surface area contributed by atoms with E-state index in [9.17, 15) is 0 Å². The zero-order valence-electron chi connectivity index (χ0n) is 10.7. The summed E-state index contributed by atoms with van der Waals surface area (Å²) in [6.45, 7) is 6.82. The van der Waals surface area contributed by atoms with E-state index in [1.54, 1.807) is 0 Å². The lowest BCUT2D eigenvalue weighted by Gasteiger charge is -2.24. The Labute approximate surface area is 99.5 Å². The molecule has 0 aromatic heterocycles. The second kappa shape index (κ2) is 5.99. The van der Waals surface area contributed by atoms with Crippen LogP contribution in [0.15, 0.2) is 0 Å². The molecule has 3 heteroatoms.